The second-order valence-electron chi connectivity index (χ2n) is 18.4. The summed E-state index contributed by atoms with van der Waals surface area (Å²) in [6, 6.07) is 26.4. The maximum atomic E-state index is 12.8. The SMILES string of the molecule is CN(c1ccc(C2CCN(c3cc4cc(CSN5CCC(Nc6cccc(-c7sc(C(=O)O)c(OCC=O)c7Cl)c6)CC5(C)C)ccc4cn3)CC2)c2cccc(C=O)c12)C1CCC(=O)NC1=O. The number of thiophene rings is 1. The van der Waals surface area contributed by atoms with Gasteiger partial charge in [0.15, 0.2) is 23.2 Å². The molecule has 2 atom stereocenters. The van der Waals surface area contributed by atoms with Crippen LogP contribution < -0.4 is 25.2 Å². The normalized spacial score (nSPS) is 18.9. The third kappa shape index (κ3) is 9.67. The molecule has 0 radical (unpaired) electrons. The van der Waals surface area contributed by atoms with Gasteiger partial charge in [0.05, 0.1) is 4.88 Å². The number of anilines is 3. The highest BCUT2D eigenvalue weighted by molar-refractivity contribution is 7.96. The largest absolute Gasteiger partial charge is 0.483 e. The van der Waals surface area contributed by atoms with Crippen molar-refractivity contribution in [2.45, 2.75) is 81.7 Å². The Labute approximate surface area is 408 Å². The molecule has 68 heavy (non-hydrogen) atoms. The summed E-state index contributed by atoms with van der Waals surface area (Å²) in [6.07, 6.45) is 7.84. The second kappa shape index (κ2) is 19.9. The van der Waals surface area contributed by atoms with Gasteiger partial charge in [-0.2, -0.15) is 0 Å². The Bertz CT molecular complexity index is 2940. The molecule has 6 aromatic rings. The molecule has 0 bridgehead atoms. The fraction of sp³-hybridized carbons (Fsp3) is 0.346. The molecule has 16 heteroatoms. The smallest absolute Gasteiger partial charge is 0.349 e. The van der Waals surface area contributed by atoms with E-state index >= 15 is 0 Å². The van der Waals surface area contributed by atoms with Crippen LogP contribution in [0.2, 0.25) is 5.02 Å². The molecule has 2 amide bonds. The number of imide groups is 1. The lowest BCUT2D eigenvalue weighted by Crippen LogP contribution is -2.51. The Morgan fingerprint density at radius 3 is 2.57 bits per heavy atom. The van der Waals surface area contributed by atoms with E-state index in [2.05, 4.69) is 70.1 Å². The van der Waals surface area contributed by atoms with Gasteiger partial charge in [-0.15, -0.1) is 11.3 Å². The van der Waals surface area contributed by atoms with Crippen molar-refractivity contribution in [3.8, 4) is 16.2 Å². The minimum absolute atomic E-state index is 0.0146. The van der Waals surface area contributed by atoms with Gasteiger partial charge in [-0.1, -0.05) is 78.1 Å². The van der Waals surface area contributed by atoms with Crippen LogP contribution in [0.15, 0.2) is 85.1 Å². The van der Waals surface area contributed by atoms with Crippen molar-refractivity contribution in [1.82, 2.24) is 14.6 Å². The number of ether oxygens (including phenoxy) is 1. The van der Waals surface area contributed by atoms with Crippen LogP contribution >= 0.6 is 34.9 Å². The van der Waals surface area contributed by atoms with E-state index in [4.69, 9.17) is 21.3 Å². The Morgan fingerprint density at radius 2 is 1.82 bits per heavy atom. The maximum Gasteiger partial charge on any atom is 0.349 e. The van der Waals surface area contributed by atoms with Crippen LogP contribution in [0, 0.1) is 0 Å². The molecule has 3 N–H and O–H groups in total. The van der Waals surface area contributed by atoms with E-state index in [9.17, 15) is 29.1 Å². The highest BCUT2D eigenvalue weighted by atomic mass is 35.5. The molecule has 0 saturated carbocycles. The lowest BCUT2D eigenvalue weighted by atomic mass is 9.85. The molecule has 13 nitrogen and oxygen atoms in total. The average molecular weight is 974 g/mol. The highest BCUT2D eigenvalue weighted by Gasteiger charge is 2.36. The standard InChI is InChI=1S/C52H53ClN6O7S2/c1-52(2)27-38(55-37-8-4-6-33(25-37)48-46(53)47(66-23-22-60)49(68-48)51(64)65)18-21-59(52)67-30-31-10-11-34-28-54-43(26-36(34)24-31)58-19-16-32(17-20-58)39-12-13-41(45-35(29-61)7-5-9-40(39)45)57(3)42-14-15-44(62)56-50(42)63/h4-13,22,24-26,28-29,32,38,42,55H,14-21,23,27,30H2,1-3H3,(H,64,65)(H,56,62,63). The Kier molecular flexibility index (Phi) is 13.8. The number of nitrogens with one attached hydrogen (secondary N) is 2. The highest BCUT2D eigenvalue weighted by Crippen LogP contribution is 2.46. The quantitative estimate of drug-likeness (QED) is 0.0507. The van der Waals surface area contributed by atoms with Crippen LogP contribution in [-0.2, 0) is 20.1 Å². The lowest BCUT2D eigenvalue weighted by Gasteiger charge is -2.45. The molecule has 3 aliphatic rings. The van der Waals surface area contributed by atoms with Crippen LogP contribution in [-0.4, -0.2) is 95.7 Å². The monoisotopic (exact) mass is 972 g/mol. The van der Waals surface area contributed by atoms with Gasteiger partial charge in [-0.3, -0.25) is 24.5 Å². The number of carbonyl (C=O) groups excluding carboxylic acids is 4. The Hall–Kier alpha value is -6.00. The topological polar surface area (TPSA) is 161 Å². The summed E-state index contributed by atoms with van der Waals surface area (Å²) in [4.78, 5) is 69.6. The first kappa shape index (κ1) is 47.1. The van der Waals surface area contributed by atoms with Crippen molar-refractivity contribution in [2.75, 3.05) is 48.4 Å². The Balaban J connectivity index is 0.823. The maximum absolute atomic E-state index is 12.8. The van der Waals surface area contributed by atoms with E-state index in [1.807, 2.05) is 72.6 Å². The third-order valence-corrected chi connectivity index (χ3v) is 16.7. The van der Waals surface area contributed by atoms with Crippen molar-refractivity contribution < 1.29 is 33.8 Å². The van der Waals surface area contributed by atoms with Crippen molar-refractivity contribution in [3.05, 3.63) is 112 Å². The number of amides is 2. The number of carboxylic acids is 1. The van der Waals surface area contributed by atoms with Crippen molar-refractivity contribution in [1.29, 1.82) is 0 Å². The van der Waals surface area contributed by atoms with E-state index < -0.39 is 12.0 Å². The van der Waals surface area contributed by atoms with Gasteiger partial charge in [0.25, 0.3) is 0 Å². The number of hydrogen-bond donors (Lipinski definition) is 3. The van der Waals surface area contributed by atoms with Gasteiger partial charge >= 0.3 is 5.97 Å². The zero-order valence-corrected chi connectivity index (χ0v) is 40.5. The van der Waals surface area contributed by atoms with Crippen LogP contribution in [0.1, 0.15) is 89.4 Å². The van der Waals surface area contributed by atoms with Crippen molar-refractivity contribution in [3.63, 3.8) is 0 Å². The van der Waals surface area contributed by atoms with E-state index in [0.717, 1.165) is 113 Å². The fourth-order valence-corrected chi connectivity index (χ4v) is 12.7. The van der Waals surface area contributed by atoms with Gasteiger partial charge in [-0.05, 0) is 104 Å². The van der Waals surface area contributed by atoms with Gasteiger partial charge in [0, 0.05) is 84.3 Å². The van der Waals surface area contributed by atoms with Gasteiger partial charge in [-0.25, -0.2) is 14.1 Å². The first-order valence-corrected chi connectivity index (χ1v) is 25.1. The minimum Gasteiger partial charge on any atom is -0.483 e. The number of hydrogen-bond acceptors (Lipinski definition) is 13. The number of pyridine rings is 1. The van der Waals surface area contributed by atoms with Gasteiger partial charge in [0.1, 0.15) is 23.5 Å². The number of rotatable bonds is 15. The third-order valence-electron chi connectivity index (χ3n) is 13.6. The summed E-state index contributed by atoms with van der Waals surface area (Å²) in [6.45, 7) is 6.87. The van der Waals surface area contributed by atoms with Crippen LogP contribution in [0.3, 0.4) is 0 Å². The van der Waals surface area contributed by atoms with Crippen LogP contribution in [0.25, 0.3) is 32.0 Å². The summed E-state index contributed by atoms with van der Waals surface area (Å²) in [7, 11) is 1.86. The summed E-state index contributed by atoms with van der Waals surface area (Å²) in [5.74, 6) is 0.367. The number of nitrogens with zero attached hydrogens (tertiary/aromatic N) is 4. The molecule has 3 aliphatic heterocycles. The molecule has 0 aliphatic carbocycles. The Morgan fingerprint density at radius 1 is 1.01 bits per heavy atom. The predicted octanol–water partition coefficient (Wildman–Crippen LogP) is 9.99. The molecular weight excluding hydrogens is 920 g/mol. The van der Waals surface area contributed by atoms with Crippen molar-refractivity contribution in [2.24, 2.45) is 0 Å². The van der Waals surface area contributed by atoms with Crippen LogP contribution in [0.4, 0.5) is 17.2 Å². The zero-order valence-electron chi connectivity index (χ0n) is 38.1. The average Bonchev–Trinajstić information content (AvgIpc) is 3.67. The summed E-state index contributed by atoms with van der Waals surface area (Å²) >= 11 is 9.50. The molecular formula is C52H53ClN6O7S2. The second-order valence-corrected chi connectivity index (χ2v) is 20.8. The van der Waals surface area contributed by atoms with E-state index in [-0.39, 0.29) is 58.0 Å². The molecule has 9 rings (SSSR count). The predicted molar refractivity (Wildman–Crippen MR) is 272 cm³/mol. The number of aromatic carboxylic acids is 1. The summed E-state index contributed by atoms with van der Waals surface area (Å²) in [5, 5.41) is 20.2. The number of likely N-dealkylation sites (N-methyl/N-ethyl adjacent to an activating group) is 1. The first-order valence-electron chi connectivity index (χ1n) is 22.9. The zero-order chi connectivity index (χ0) is 47.7. The van der Waals surface area contributed by atoms with Gasteiger partial charge in [0.2, 0.25) is 11.8 Å². The van der Waals surface area contributed by atoms with Gasteiger partial charge < -0.3 is 25.0 Å². The molecule has 3 fully saturated rings. The number of carboxylic acid groups (broad SMARTS) is 1. The number of carbonyl (C=O) groups is 5. The molecule has 352 valence electrons. The molecule has 3 saturated heterocycles. The molecule has 2 aromatic heterocycles. The lowest BCUT2D eigenvalue weighted by molar-refractivity contribution is -0.134. The molecule has 2 unspecified atom stereocenters. The first-order chi connectivity index (χ1) is 32.8. The number of benzene rings is 4. The molecule has 0 spiro atoms. The number of aromatic nitrogens is 1. The summed E-state index contributed by atoms with van der Waals surface area (Å²) < 4.78 is 7.89. The van der Waals surface area contributed by atoms with Crippen LogP contribution in [0.5, 0.6) is 5.75 Å². The van der Waals surface area contributed by atoms with E-state index in [1.54, 1.807) is 0 Å². The number of piperidine rings is 3. The number of fused-ring (bicyclic) bond motifs is 2. The fourth-order valence-electron chi connectivity index (χ4n) is 10.1. The number of halogens is 1. The molecule has 5 heterocycles. The summed E-state index contributed by atoms with van der Waals surface area (Å²) in [5.41, 5.74) is 5.43. The number of aldehydes is 2. The molecule has 4 aromatic carbocycles. The van der Waals surface area contributed by atoms with E-state index in [1.165, 1.54) is 11.1 Å². The minimum atomic E-state index is -1.16. The van der Waals surface area contributed by atoms with E-state index in [0.29, 0.717) is 23.1 Å². The van der Waals surface area contributed by atoms with Crippen molar-refractivity contribution >= 4 is 104 Å².